The van der Waals surface area contributed by atoms with Crippen LogP contribution in [-0.4, -0.2) is 35.2 Å². The molecule has 0 N–H and O–H groups in total. The Hall–Kier alpha value is -2.45. The molecule has 1 aromatic carbocycles. The molecule has 0 atom stereocenters. The fourth-order valence-corrected chi connectivity index (χ4v) is 4.17. The van der Waals surface area contributed by atoms with E-state index in [1.165, 1.54) is 11.3 Å². The monoisotopic (exact) mass is 366 g/mol. The number of anilines is 1. The summed E-state index contributed by atoms with van der Waals surface area (Å²) in [6, 6.07) is 4.24. The third-order valence-electron chi connectivity index (χ3n) is 5.01. The van der Waals surface area contributed by atoms with Crippen LogP contribution in [0.15, 0.2) is 23.1 Å². The van der Waals surface area contributed by atoms with E-state index in [4.69, 9.17) is 6.42 Å². The molecule has 2 aliphatic heterocycles. The summed E-state index contributed by atoms with van der Waals surface area (Å²) in [6.45, 7) is 8.50. The number of carbonyl (C=O) groups excluding carboxylic acids is 2. The molecule has 1 fully saturated rings. The number of hydrogen-bond acceptors (Lipinski definition) is 4. The lowest BCUT2D eigenvalue weighted by Gasteiger charge is -2.41. The van der Waals surface area contributed by atoms with Crippen molar-refractivity contribution in [2.45, 2.75) is 33.2 Å². The van der Waals surface area contributed by atoms with Crippen molar-refractivity contribution in [3.05, 3.63) is 39.8 Å². The summed E-state index contributed by atoms with van der Waals surface area (Å²) in [5.41, 5.74) is 5.47. The molecule has 0 radical (unpaired) electrons. The highest BCUT2D eigenvalue weighted by Crippen LogP contribution is 2.40. The van der Waals surface area contributed by atoms with E-state index < -0.39 is 0 Å². The molecule has 1 aromatic rings. The Kier molecular flexibility index (Phi) is 4.49. The van der Waals surface area contributed by atoms with E-state index in [1.807, 2.05) is 6.92 Å². The molecule has 1 saturated heterocycles. The van der Waals surface area contributed by atoms with Crippen LogP contribution < -0.4 is 4.90 Å². The number of allylic oxidation sites excluding steroid dienone is 1. The number of carbonyl (C=O) groups is 2. The maximum atomic E-state index is 12.4. The molecule has 2 heterocycles. The molecule has 0 aromatic heterocycles. The molecular formula is C21H22N2O2S. The van der Waals surface area contributed by atoms with Crippen molar-refractivity contribution < 1.29 is 9.59 Å². The van der Waals surface area contributed by atoms with E-state index in [0.717, 1.165) is 33.4 Å². The summed E-state index contributed by atoms with van der Waals surface area (Å²) in [5.74, 6) is 2.04. The number of benzene rings is 1. The fourth-order valence-electron chi connectivity index (χ4n) is 3.34. The topological polar surface area (TPSA) is 40.6 Å². The lowest BCUT2D eigenvalue weighted by atomic mass is 9.87. The summed E-state index contributed by atoms with van der Waals surface area (Å²) in [5, 5.41) is -0.313. The van der Waals surface area contributed by atoms with Crippen molar-refractivity contribution in [1.82, 2.24) is 4.90 Å². The van der Waals surface area contributed by atoms with Gasteiger partial charge in [0, 0.05) is 18.3 Å². The normalized spacial score (nSPS) is 20.3. The summed E-state index contributed by atoms with van der Waals surface area (Å²) in [6.07, 6.45) is 9.29. The van der Waals surface area contributed by atoms with E-state index in [-0.39, 0.29) is 23.2 Å². The minimum atomic E-state index is -0.319. The van der Waals surface area contributed by atoms with Gasteiger partial charge in [-0.2, -0.15) is 0 Å². The van der Waals surface area contributed by atoms with Crippen molar-refractivity contribution in [3.8, 4) is 12.3 Å². The van der Waals surface area contributed by atoms with Gasteiger partial charge >= 0.3 is 0 Å². The zero-order valence-electron chi connectivity index (χ0n) is 15.7. The van der Waals surface area contributed by atoms with E-state index in [0.29, 0.717) is 4.91 Å². The highest BCUT2D eigenvalue weighted by molar-refractivity contribution is 8.18. The molecule has 26 heavy (non-hydrogen) atoms. The van der Waals surface area contributed by atoms with Crippen LogP contribution in [-0.2, 0) is 4.79 Å². The minimum Gasteiger partial charge on any atom is -0.365 e. The second-order valence-corrected chi connectivity index (χ2v) is 8.23. The van der Waals surface area contributed by atoms with Gasteiger partial charge in [0.25, 0.3) is 11.1 Å². The van der Waals surface area contributed by atoms with Crippen molar-refractivity contribution >= 4 is 40.2 Å². The Morgan fingerprint density at radius 2 is 1.96 bits per heavy atom. The fraction of sp³-hybridized carbons (Fsp3) is 0.333. The zero-order chi connectivity index (χ0) is 19.2. The second-order valence-electron chi connectivity index (χ2n) is 7.24. The molecule has 0 spiro atoms. The van der Waals surface area contributed by atoms with Gasteiger partial charge < -0.3 is 4.90 Å². The van der Waals surface area contributed by atoms with Crippen LogP contribution in [0.5, 0.6) is 0 Å². The Morgan fingerprint density at radius 3 is 2.62 bits per heavy atom. The summed E-state index contributed by atoms with van der Waals surface area (Å²) in [7, 11) is 2.09. The Morgan fingerprint density at radius 1 is 1.27 bits per heavy atom. The van der Waals surface area contributed by atoms with E-state index in [2.05, 4.69) is 56.8 Å². The lowest BCUT2D eigenvalue weighted by molar-refractivity contribution is -0.122. The van der Waals surface area contributed by atoms with Gasteiger partial charge in [0.2, 0.25) is 0 Å². The van der Waals surface area contributed by atoms with Gasteiger partial charge in [0.15, 0.2) is 0 Å². The van der Waals surface area contributed by atoms with E-state index in [1.54, 1.807) is 6.08 Å². The second kappa shape index (κ2) is 6.37. The van der Waals surface area contributed by atoms with Crippen molar-refractivity contribution in [1.29, 1.82) is 0 Å². The third-order valence-corrected chi connectivity index (χ3v) is 5.92. The molecule has 2 aliphatic rings. The molecule has 3 rings (SSSR count). The molecular weight excluding hydrogens is 344 g/mol. The standard InChI is InChI=1S/C21H22N2O2S/c1-7-8-23-19(24)18(26-20(23)25)11-15-10-16-14(3)12-21(4,5)22(6)17(16)9-13(15)2/h1,9-12H,8H2,2-6H3/b18-11+. The van der Waals surface area contributed by atoms with E-state index in [9.17, 15) is 9.59 Å². The number of thioether (sulfide) groups is 1. The molecule has 0 bridgehead atoms. The summed E-state index contributed by atoms with van der Waals surface area (Å²) >= 11 is 0.942. The number of aryl methyl sites for hydroxylation is 1. The SMILES string of the molecule is C#CCN1C(=O)S/C(=C/c2cc3c(cc2C)N(C)C(C)(C)C=C3C)C1=O. The van der Waals surface area contributed by atoms with Gasteiger partial charge in [-0.15, -0.1) is 6.42 Å². The van der Waals surface area contributed by atoms with Gasteiger partial charge in [-0.05, 0) is 74.4 Å². The first-order valence-corrected chi connectivity index (χ1v) is 9.24. The number of rotatable bonds is 2. The molecule has 5 heteroatoms. The number of imide groups is 1. The number of fused-ring (bicyclic) bond motifs is 1. The van der Waals surface area contributed by atoms with Gasteiger partial charge in [-0.1, -0.05) is 12.0 Å². The number of amides is 2. The number of likely N-dealkylation sites (N-methyl/N-ethyl adjacent to an activating group) is 1. The van der Waals surface area contributed by atoms with Crippen LogP contribution in [0.25, 0.3) is 11.6 Å². The largest absolute Gasteiger partial charge is 0.365 e. The maximum absolute atomic E-state index is 12.4. The Labute approximate surface area is 158 Å². The number of hydrogen-bond donors (Lipinski definition) is 0. The zero-order valence-corrected chi connectivity index (χ0v) is 16.5. The molecule has 2 amide bonds. The van der Waals surface area contributed by atoms with Gasteiger partial charge in [0.05, 0.1) is 17.0 Å². The van der Waals surface area contributed by atoms with Gasteiger partial charge in [-0.25, -0.2) is 0 Å². The molecule has 0 saturated carbocycles. The molecule has 0 unspecified atom stereocenters. The smallest absolute Gasteiger partial charge is 0.294 e. The van der Waals surface area contributed by atoms with Crippen LogP contribution in [0, 0.1) is 19.3 Å². The van der Waals surface area contributed by atoms with Gasteiger partial charge in [0.1, 0.15) is 0 Å². The quantitative estimate of drug-likeness (QED) is 0.578. The number of terminal acetylenes is 1. The first-order valence-electron chi connectivity index (χ1n) is 8.43. The highest BCUT2D eigenvalue weighted by Gasteiger charge is 2.35. The third kappa shape index (κ3) is 2.95. The van der Waals surface area contributed by atoms with Crippen molar-refractivity contribution in [2.75, 3.05) is 18.5 Å². The molecule has 4 nitrogen and oxygen atoms in total. The Bertz CT molecular complexity index is 919. The minimum absolute atomic E-state index is 0.00685. The van der Waals surface area contributed by atoms with Gasteiger partial charge in [-0.3, -0.25) is 14.5 Å². The summed E-state index contributed by atoms with van der Waals surface area (Å²) < 4.78 is 0. The van der Waals surface area contributed by atoms with E-state index >= 15 is 0 Å². The molecule has 134 valence electrons. The van der Waals surface area contributed by atoms with Crippen LogP contribution in [0.4, 0.5) is 10.5 Å². The van der Waals surface area contributed by atoms with Crippen LogP contribution in [0.3, 0.4) is 0 Å². The molecule has 0 aliphatic carbocycles. The number of nitrogens with zero attached hydrogens (tertiary/aromatic N) is 2. The van der Waals surface area contributed by atoms with Crippen molar-refractivity contribution in [3.63, 3.8) is 0 Å². The maximum Gasteiger partial charge on any atom is 0.294 e. The predicted octanol–water partition coefficient (Wildman–Crippen LogP) is 4.30. The van der Waals surface area contributed by atoms with Crippen LogP contribution in [0.1, 0.15) is 37.5 Å². The Balaban J connectivity index is 2.05. The first kappa shape index (κ1) is 18.3. The van der Waals surface area contributed by atoms with Crippen LogP contribution in [0.2, 0.25) is 0 Å². The van der Waals surface area contributed by atoms with Crippen molar-refractivity contribution in [2.24, 2.45) is 0 Å². The average molecular weight is 366 g/mol. The van der Waals surface area contributed by atoms with Crippen LogP contribution >= 0.6 is 11.8 Å². The highest BCUT2D eigenvalue weighted by atomic mass is 32.2. The average Bonchev–Trinajstić information content (AvgIpc) is 2.82. The lowest BCUT2D eigenvalue weighted by Crippen LogP contribution is -2.42. The first-order chi connectivity index (χ1) is 12.2. The predicted molar refractivity (Wildman–Crippen MR) is 109 cm³/mol. The summed E-state index contributed by atoms with van der Waals surface area (Å²) in [4.78, 5) is 28.2.